The fourth-order valence-corrected chi connectivity index (χ4v) is 4.56. The lowest BCUT2D eigenvalue weighted by Crippen LogP contribution is -2.15. The van der Waals surface area contributed by atoms with E-state index in [0.717, 1.165) is 25.7 Å². The topological polar surface area (TPSA) is 26.3 Å². The van der Waals surface area contributed by atoms with Crippen LogP contribution in [0.25, 0.3) is 0 Å². The van der Waals surface area contributed by atoms with Gasteiger partial charge < -0.3 is 4.52 Å². The summed E-state index contributed by atoms with van der Waals surface area (Å²) in [5.41, 5.74) is 1.26. The predicted molar refractivity (Wildman–Crippen MR) is 81.0 cm³/mol. The summed E-state index contributed by atoms with van der Waals surface area (Å²) < 4.78 is 17.9. The summed E-state index contributed by atoms with van der Waals surface area (Å²) in [5.74, 6) is 0. The minimum absolute atomic E-state index is 0.119. The quantitative estimate of drug-likeness (QED) is 0.657. The standard InChI is InChI=1S/C15H22ClO2P/c16-19(17,18-15-11-5-2-6-12-15)13-7-10-14-8-3-1-4-9-14/h1,3-4,8-9,15H,2,5-7,10-13H2/t19-/m0/s1. The summed E-state index contributed by atoms with van der Waals surface area (Å²) in [6, 6.07) is 10.2. The van der Waals surface area contributed by atoms with Gasteiger partial charge in [0.2, 0.25) is 0 Å². The van der Waals surface area contributed by atoms with Crippen LogP contribution < -0.4 is 0 Å². The lowest BCUT2D eigenvalue weighted by Gasteiger charge is -2.24. The van der Waals surface area contributed by atoms with Crippen LogP contribution in [0.3, 0.4) is 0 Å². The molecular formula is C15H22ClO2P. The molecule has 0 saturated heterocycles. The molecule has 0 radical (unpaired) electrons. The lowest BCUT2D eigenvalue weighted by molar-refractivity contribution is 0.163. The lowest BCUT2D eigenvalue weighted by atomic mass is 9.98. The predicted octanol–water partition coefficient (Wildman–Crippen LogP) is 5.40. The van der Waals surface area contributed by atoms with Gasteiger partial charge in [-0.2, -0.15) is 0 Å². The fraction of sp³-hybridized carbons (Fsp3) is 0.600. The van der Waals surface area contributed by atoms with Crippen molar-refractivity contribution in [2.24, 2.45) is 0 Å². The zero-order valence-corrected chi connectivity index (χ0v) is 12.9. The van der Waals surface area contributed by atoms with Crippen molar-refractivity contribution in [2.45, 2.75) is 51.0 Å². The highest BCUT2D eigenvalue weighted by Crippen LogP contribution is 2.55. The highest BCUT2D eigenvalue weighted by Gasteiger charge is 2.25. The largest absolute Gasteiger partial charge is 0.314 e. The maximum Gasteiger partial charge on any atom is 0.290 e. The Bertz CT molecular complexity index is 415. The molecule has 2 rings (SSSR count). The van der Waals surface area contributed by atoms with Crippen LogP contribution in [0.2, 0.25) is 0 Å². The highest BCUT2D eigenvalue weighted by molar-refractivity contribution is 7.85. The molecule has 0 spiro atoms. The van der Waals surface area contributed by atoms with Crippen LogP contribution >= 0.6 is 18.0 Å². The Morgan fingerprint density at radius 1 is 1.16 bits per heavy atom. The first kappa shape index (κ1) is 15.1. The second-order valence-corrected chi connectivity index (χ2v) is 8.65. The number of aryl methyl sites for hydroxylation is 1. The zero-order valence-electron chi connectivity index (χ0n) is 11.3. The Hall–Kier alpha value is -0.300. The molecule has 0 unspecified atom stereocenters. The number of hydrogen-bond donors (Lipinski definition) is 0. The Morgan fingerprint density at radius 2 is 1.84 bits per heavy atom. The van der Waals surface area contributed by atoms with Crippen molar-refractivity contribution in [3.8, 4) is 0 Å². The number of benzene rings is 1. The molecule has 1 fully saturated rings. The van der Waals surface area contributed by atoms with E-state index in [1.807, 2.05) is 18.2 Å². The Balaban J connectivity index is 1.72. The van der Waals surface area contributed by atoms with Crippen molar-refractivity contribution in [3.05, 3.63) is 35.9 Å². The third-order valence-electron chi connectivity index (χ3n) is 3.59. The summed E-state index contributed by atoms with van der Waals surface area (Å²) in [6.45, 7) is -2.93. The van der Waals surface area contributed by atoms with Crippen LogP contribution in [0.1, 0.15) is 44.1 Å². The Morgan fingerprint density at radius 3 is 2.53 bits per heavy atom. The molecule has 1 aromatic rings. The number of rotatable bonds is 6. The van der Waals surface area contributed by atoms with Crippen molar-refractivity contribution >= 4 is 18.0 Å². The minimum Gasteiger partial charge on any atom is -0.314 e. The van der Waals surface area contributed by atoms with E-state index in [1.54, 1.807) is 0 Å². The third kappa shape index (κ3) is 5.69. The summed E-state index contributed by atoms with van der Waals surface area (Å²) in [7, 11) is 0. The SMILES string of the molecule is O=[P@@](Cl)(CCCc1ccccc1)OC1CCCCC1. The molecule has 0 N–H and O–H groups in total. The number of hydrogen-bond acceptors (Lipinski definition) is 2. The second kappa shape index (κ2) is 7.47. The first-order valence-corrected chi connectivity index (χ1v) is 9.88. The molecule has 1 aliphatic carbocycles. The van der Waals surface area contributed by atoms with E-state index >= 15 is 0 Å². The molecule has 1 aromatic carbocycles. The Labute approximate surface area is 120 Å². The monoisotopic (exact) mass is 300 g/mol. The van der Waals surface area contributed by atoms with Gasteiger partial charge in [-0.1, -0.05) is 49.6 Å². The van der Waals surface area contributed by atoms with Crippen molar-refractivity contribution in [3.63, 3.8) is 0 Å². The van der Waals surface area contributed by atoms with Crippen molar-refractivity contribution in [1.82, 2.24) is 0 Å². The van der Waals surface area contributed by atoms with Crippen LogP contribution in [0, 0.1) is 0 Å². The van der Waals surface area contributed by atoms with Gasteiger partial charge in [0.1, 0.15) is 0 Å². The molecular weight excluding hydrogens is 279 g/mol. The summed E-state index contributed by atoms with van der Waals surface area (Å²) in [5, 5.41) is 0. The molecule has 0 heterocycles. The molecule has 1 saturated carbocycles. The fourth-order valence-electron chi connectivity index (χ4n) is 2.56. The maximum absolute atomic E-state index is 12.2. The van der Waals surface area contributed by atoms with Crippen LogP contribution in [0.5, 0.6) is 0 Å². The van der Waals surface area contributed by atoms with E-state index in [2.05, 4.69) is 12.1 Å². The molecule has 0 amide bonds. The van der Waals surface area contributed by atoms with Crippen molar-refractivity contribution in [1.29, 1.82) is 0 Å². The molecule has 0 aromatic heterocycles. The summed E-state index contributed by atoms with van der Waals surface area (Å²) in [6.07, 6.45) is 7.94. The molecule has 1 atom stereocenters. The van der Waals surface area contributed by atoms with E-state index in [9.17, 15) is 4.57 Å². The van der Waals surface area contributed by atoms with Crippen LogP contribution in [0.15, 0.2) is 30.3 Å². The summed E-state index contributed by atoms with van der Waals surface area (Å²) in [4.78, 5) is 0. The highest BCUT2D eigenvalue weighted by atomic mass is 35.7. The van der Waals surface area contributed by atoms with Gasteiger partial charge in [0, 0.05) is 6.16 Å². The average Bonchev–Trinajstić information content (AvgIpc) is 2.40. The van der Waals surface area contributed by atoms with E-state index in [0.29, 0.717) is 6.16 Å². The first-order chi connectivity index (χ1) is 9.16. The van der Waals surface area contributed by atoms with Crippen LogP contribution in [-0.2, 0) is 15.5 Å². The van der Waals surface area contributed by atoms with Crippen molar-refractivity contribution < 1.29 is 9.09 Å². The molecule has 2 nitrogen and oxygen atoms in total. The first-order valence-electron chi connectivity index (χ1n) is 7.17. The van der Waals surface area contributed by atoms with Gasteiger partial charge in [-0.05, 0) is 42.5 Å². The normalized spacial score (nSPS) is 20.1. The summed E-state index contributed by atoms with van der Waals surface area (Å²) >= 11 is 6.07. The van der Waals surface area contributed by atoms with Crippen molar-refractivity contribution in [2.75, 3.05) is 6.16 Å². The van der Waals surface area contributed by atoms with E-state index < -0.39 is 6.72 Å². The maximum atomic E-state index is 12.2. The number of halogens is 1. The van der Waals surface area contributed by atoms with E-state index in [-0.39, 0.29) is 6.10 Å². The van der Waals surface area contributed by atoms with Gasteiger partial charge in [-0.3, -0.25) is 4.57 Å². The average molecular weight is 301 g/mol. The Kier molecular flexibility index (Phi) is 5.94. The van der Waals surface area contributed by atoms with Gasteiger partial charge in [0.15, 0.2) is 0 Å². The van der Waals surface area contributed by atoms with Gasteiger partial charge in [-0.25, -0.2) is 0 Å². The zero-order chi connectivity index (χ0) is 13.6. The van der Waals surface area contributed by atoms with Gasteiger partial charge in [-0.15, -0.1) is 0 Å². The molecule has 106 valence electrons. The second-order valence-electron chi connectivity index (χ2n) is 5.27. The molecule has 4 heteroatoms. The van der Waals surface area contributed by atoms with Gasteiger partial charge >= 0.3 is 0 Å². The molecule has 0 bridgehead atoms. The molecule has 19 heavy (non-hydrogen) atoms. The third-order valence-corrected chi connectivity index (χ3v) is 5.80. The molecule has 0 aliphatic heterocycles. The van der Waals surface area contributed by atoms with Crippen LogP contribution in [-0.4, -0.2) is 12.3 Å². The minimum atomic E-state index is -2.93. The smallest absolute Gasteiger partial charge is 0.290 e. The van der Waals surface area contributed by atoms with Gasteiger partial charge in [0.05, 0.1) is 6.10 Å². The van der Waals surface area contributed by atoms with E-state index in [1.165, 1.54) is 24.8 Å². The van der Waals surface area contributed by atoms with E-state index in [4.69, 9.17) is 15.8 Å². The van der Waals surface area contributed by atoms with Gasteiger partial charge in [0.25, 0.3) is 6.72 Å². The van der Waals surface area contributed by atoms with Crippen LogP contribution in [0.4, 0.5) is 0 Å². The molecule has 1 aliphatic rings.